The van der Waals surface area contributed by atoms with Crippen LogP contribution in [0.25, 0.3) is 0 Å². The zero-order chi connectivity index (χ0) is 7.23. The van der Waals surface area contributed by atoms with Crippen molar-refractivity contribution in [3.8, 4) is 0 Å². The molecule has 0 aliphatic heterocycles. The zero-order valence-electron chi connectivity index (χ0n) is 6.58. The van der Waals surface area contributed by atoms with Gasteiger partial charge in [-0.3, -0.25) is 4.98 Å². The summed E-state index contributed by atoms with van der Waals surface area (Å²) in [5, 5.41) is 3.08. The summed E-state index contributed by atoms with van der Waals surface area (Å²) in [6, 6.07) is 5.98. The van der Waals surface area contributed by atoms with Gasteiger partial charge in [-0.05, 0) is 19.2 Å². The molecule has 0 amide bonds. The summed E-state index contributed by atoms with van der Waals surface area (Å²) in [4.78, 5) is 4.18. The van der Waals surface area contributed by atoms with Gasteiger partial charge in [0.05, 0.1) is 0 Å². The molecule has 0 saturated heterocycles. The number of hydrogen-bond acceptors (Lipinski definition) is 2. The van der Waals surface area contributed by atoms with E-state index in [1.54, 1.807) is 0 Å². The molecule has 11 heavy (non-hydrogen) atoms. The molecule has 0 atom stereocenters. The number of nitrogens with one attached hydrogen (secondary N) is 1. The molecular formula is C8H13BrN2. The summed E-state index contributed by atoms with van der Waals surface area (Å²) in [5.41, 5.74) is 1.15. The van der Waals surface area contributed by atoms with Crippen LogP contribution >= 0.6 is 17.0 Å². The molecule has 0 spiro atoms. The molecule has 0 fully saturated rings. The minimum atomic E-state index is 0. The van der Waals surface area contributed by atoms with Crippen LogP contribution in [-0.2, 0) is 6.42 Å². The van der Waals surface area contributed by atoms with E-state index in [1.807, 2.05) is 31.4 Å². The smallest absolute Gasteiger partial charge is 0.0416 e. The van der Waals surface area contributed by atoms with Crippen molar-refractivity contribution >= 4 is 17.0 Å². The zero-order valence-corrected chi connectivity index (χ0v) is 8.29. The molecular weight excluding hydrogens is 204 g/mol. The molecule has 3 heteroatoms. The van der Waals surface area contributed by atoms with Crippen LogP contribution in [0.4, 0.5) is 0 Å². The second kappa shape index (κ2) is 6.31. The molecule has 1 rings (SSSR count). The van der Waals surface area contributed by atoms with Crippen LogP contribution in [0.2, 0.25) is 0 Å². The number of hydrogen-bond donors (Lipinski definition) is 1. The minimum absolute atomic E-state index is 0. The van der Waals surface area contributed by atoms with E-state index in [0.717, 1.165) is 18.7 Å². The SMILES string of the molecule is Br.CNCCc1ccccn1. The molecule has 0 radical (unpaired) electrons. The van der Waals surface area contributed by atoms with Crippen molar-refractivity contribution in [3.63, 3.8) is 0 Å². The van der Waals surface area contributed by atoms with Crippen LogP contribution in [0, 0.1) is 0 Å². The van der Waals surface area contributed by atoms with Gasteiger partial charge in [0.2, 0.25) is 0 Å². The third-order valence-corrected chi connectivity index (χ3v) is 1.36. The lowest BCUT2D eigenvalue weighted by Gasteiger charge is -1.96. The molecule has 0 aliphatic rings. The van der Waals surface area contributed by atoms with Gasteiger partial charge < -0.3 is 5.32 Å². The van der Waals surface area contributed by atoms with E-state index in [9.17, 15) is 0 Å². The number of rotatable bonds is 3. The van der Waals surface area contributed by atoms with Crippen LogP contribution in [0.1, 0.15) is 5.69 Å². The maximum absolute atomic E-state index is 4.18. The lowest BCUT2D eigenvalue weighted by atomic mass is 10.3. The van der Waals surface area contributed by atoms with Gasteiger partial charge in [-0.2, -0.15) is 0 Å². The first-order valence-corrected chi connectivity index (χ1v) is 3.48. The first kappa shape index (κ1) is 10.6. The number of halogens is 1. The fourth-order valence-corrected chi connectivity index (χ4v) is 0.799. The average Bonchev–Trinajstić information content (AvgIpc) is 2.03. The van der Waals surface area contributed by atoms with E-state index in [-0.39, 0.29) is 17.0 Å². The van der Waals surface area contributed by atoms with Gasteiger partial charge >= 0.3 is 0 Å². The Morgan fingerprint density at radius 1 is 1.45 bits per heavy atom. The fourth-order valence-electron chi connectivity index (χ4n) is 0.799. The van der Waals surface area contributed by atoms with E-state index < -0.39 is 0 Å². The van der Waals surface area contributed by atoms with Crippen LogP contribution in [-0.4, -0.2) is 18.6 Å². The van der Waals surface area contributed by atoms with Gasteiger partial charge in [-0.15, -0.1) is 17.0 Å². The van der Waals surface area contributed by atoms with Crippen LogP contribution in [0.15, 0.2) is 24.4 Å². The standard InChI is InChI=1S/C8H12N2.BrH/c1-9-7-5-8-4-2-3-6-10-8;/h2-4,6,9H,5,7H2,1H3;1H. The Labute approximate surface area is 77.8 Å². The van der Waals surface area contributed by atoms with E-state index >= 15 is 0 Å². The Morgan fingerprint density at radius 3 is 2.82 bits per heavy atom. The normalized spacial score (nSPS) is 8.82. The van der Waals surface area contributed by atoms with Gasteiger partial charge in [-0.25, -0.2) is 0 Å². The van der Waals surface area contributed by atoms with Crippen molar-refractivity contribution in [2.24, 2.45) is 0 Å². The topological polar surface area (TPSA) is 24.9 Å². The maximum Gasteiger partial charge on any atom is 0.0416 e. The van der Waals surface area contributed by atoms with E-state index in [1.165, 1.54) is 0 Å². The minimum Gasteiger partial charge on any atom is -0.319 e. The van der Waals surface area contributed by atoms with E-state index in [2.05, 4.69) is 10.3 Å². The summed E-state index contributed by atoms with van der Waals surface area (Å²) in [5.74, 6) is 0. The molecule has 0 unspecified atom stereocenters. The molecule has 1 heterocycles. The Morgan fingerprint density at radius 2 is 2.27 bits per heavy atom. The summed E-state index contributed by atoms with van der Waals surface area (Å²) in [7, 11) is 1.95. The largest absolute Gasteiger partial charge is 0.319 e. The highest BCUT2D eigenvalue weighted by Crippen LogP contribution is 1.92. The third-order valence-electron chi connectivity index (χ3n) is 1.36. The highest BCUT2D eigenvalue weighted by Gasteiger charge is 1.88. The lowest BCUT2D eigenvalue weighted by Crippen LogP contribution is -2.10. The van der Waals surface area contributed by atoms with E-state index in [4.69, 9.17) is 0 Å². The number of nitrogens with zero attached hydrogens (tertiary/aromatic N) is 1. The monoisotopic (exact) mass is 216 g/mol. The number of likely N-dealkylation sites (N-methyl/N-ethyl adjacent to an activating group) is 1. The molecule has 2 nitrogen and oxygen atoms in total. The van der Waals surface area contributed by atoms with Crippen LogP contribution in [0.5, 0.6) is 0 Å². The van der Waals surface area contributed by atoms with Crippen molar-refractivity contribution in [2.45, 2.75) is 6.42 Å². The number of aromatic nitrogens is 1. The second-order valence-electron chi connectivity index (χ2n) is 2.17. The Bertz CT molecular complexity index is 177. The highest BCUT2D eigenvalue weighted by atomic mass is 79.9. The molecule has 0 bridgehead atoms. The van der Waals surface area contributed by atoms with Crippen molar-refractivity contribution in [1.82, 2.24) is 10.3 Å². The summed E-state index contributed by atoms with van der Waals surface area (Å²) in [6.45, 7) is 0.997. The van der Waals surface area contributed by atoms with E-state index in [0.29, 0.717) is 0 Å². The maximum atomic E-state index is 4.18. The second-order valence-corrected chi connectivity index (χ2v) is 2.17. The molecule has 1 N–H and O–H groups in total. The van der Waals surface area contributed by atoms with Gasteiger partial charge in [-0.1, -0.05) is 6.07 Å². The van der Waals surface area contributed by atoms with Gasteiger partial charge in [0.1, 0.15) is 0 Å². The molecule has 0 saturated carbocycles. The average molecular weight is 217 g/mol. The van der Waals surface area contributed by atoms with Crippen molar-refractivity contribution in [1.29, 1.82) is 0 Å². The number of pyridine rings is 1. The fraction of sp³-hybridized carbons (Fsp3) is 0.375. The third kappa shape index (κ3) is 4.11. The summed E-state index contributed by atoms with van der Waals surface area (Å²) in [6.07, 6.45) is 2.84. The van der Waals surface area contributed by atoms with Gasteiger partial charge in [0.15, 0.2) is 0 Å². The lowest BCUT2D eigenvalue weighted by molar-refractivity contribution is 0.776. The molecule has 0 aromatic carbocycles. The van der Waals surface area contributed by atoms with Crippen molar-refractivity contribution in [3.05, 3.63) is 30.1 Å². The molecule has 1 aromatic heterocycles. The first-order chi connectivity index (χ1) is 4.93. The van der Waals surface area contributed by atoms with Crippen LogP contribution < -0.4 is 5.32 Å². The van der Waals surface area contributed by atoms with Gasteiger partial charge in [0, 0.05) is 24.9 Å². The molecule has 0 aliphatic carbocycles. The predicted molar refractivity (Wildman–Crippen MR) is 52.2 cm³/mol. The summed E-state index contributed by atoms with van der Waals surface area (Å²) >= 11 is 0. The Kier molecular flexibility index (Phi) is 6.07. The Hall–Kier alpha value is -0.410. The van der Waals surface area contributed by atoms with Crippen LogP contribution in [0.3, 0.4) is 0 Å². The quantitative estimate of drug-likeness (QED) is 0.828. The van der Waals surface area contributed by atoms with Gasteiger partial charge in [0.25, 0.3) is 0 Å². The molecule has 1 aromatic rings. The van der Waals surface area contributed by atoms with Crippen molar-refractivity contribution < 1.29 is 0 Å². The first-order valence-electron chi connectivity index (χ1n) is 3.48. The van der Waals surface area contributed by atoms with Crippen molar-refractivity contribution in [2.75, 3.05) is 13.6 Å². The Balaban J connectivity index is 0.000001000. The summed E-state index contributed by atoms with van der Waals surface area (Å²) < 4.78 is 0. The highest BCUT2D eigenvalue weighted by molar-refractivity contribution is 8.93. The molecule has 62 valence electrons. The predicted octanol–water partition coefficient (Wildman–Crippen LogP) is 1.42.